The summed E-state index contributed by atoms with van der Waals surface area (Å²) in [5.74, 6) is 0. The molecule has 0 aromatic rings. The molecule has 0 aromatic heterocycles. The van der Waals surface area contributed by atoms with Crippen molar-refractivity contribution in [2.24, 2.45) is 0 Å². The molecular formula is C16H30N2. The van der Waals surface area contributed by atoms with Crippen LogP contribution in [0.5, 0.6) is 0 Å². The lowest BCUT2D eigenvalue weighted by molar-refractivity contribution is -0.0508. The van der Waals surface area contributed by atoms with E-state index in [0.29, 0.717) is 5.54 Å². The first-order chi connectivity index (χ1) is 8.79. The highest BCUT2D eigenvalue weighted by molar-refractivity contribution is 5.08. The van der Waals surface area contributed by atoms with Crippen LogP contribution in [0.15, 0.2) is 0 Å². The molecule has 1 saturated carbocycles. The zero-order valence-corrected chi connectivity index (χ0v) is 12.3. The molecule has 0 radical (unpaired) electrons. The molecule has 104 valence electrons. The first kappa shape index (κ1) is 12.9. The van der Waals surface area contributed by atoms with Crippen molar-refractivity contribution in [3.8, 4) is 0 Å². The third-order valence-corrected chi connectivity index (χ3v) is 5.91. The second-order valence-corrected chi connectivity index (χ2v) is 6.85. The Morgan fingerprint density at radius 1 is 1.11 bits per heavy atom. The van der Waals surface area contributed by atoms with Crippen LogP contribution in [0, 0.1) is 0 Å². The molecule has 0 aromatic carbocycles. The van der Waals surface area contributed by atoms with E-state index in [4.69, 9.17) is 0 Å². The van der Waals surface area contributed by atoms with Gasteiger partial charge in [-0.2, -0.15) is 0 Å². The van der Waals surface area contributed by atoms with Crippen molar-refractivity contribution in [1.82, 2.24) is 10.2 Å². The summed E-state index contributed by atoms with van der Waals surface area (Å²) in [4.78, 5) is 2.99. The average molecular weight is 250 g/mol. The van der Waals surface area contributed by atoms with Crippen molar-refractivity contribution in [3.63, 3.8) is 0 Å². The van der Waals surface area contributed by atoms with Crippen molar-refractivity contribution in [2.45, 2.75) is 95.3 Å². The van der Waals surface area contributed by atoms with Crippen molar-refractivity contribution < 1.29 is 0 Å². The molecule has 2 aliphatic heterocycles. The van der Waals surface area contributed by atoms with Crippen molar-refractivity contribution in [3.05, 3.63) is 0 Å². The molecule has 2 saturated heterocycles. The quantitative estimate of drug-likeness (QED) is 0.805. The molecule has 3 aliphatic rings. The number of nitrogens with one attached hydrogen (secondary N) is 1. The summed E-state index contributed by atoms with van der Waals surface area (Å²) in [6.07, 6.45) is 12.8. The predicted octanol–water partition coefficient (Wildman–Crippen LogP) is 3.31. The van der Waals surface area contributed by atoms with Crippen LogP contribution in [0.25, 0.3) is 0 Å². The van der Waals surface area contributed by atoms with Crippen LogP contribution in [-0.4, -0.2) is 35.1 Å². The fourth-order valence-electron chi connectivity index (χ4n) is 4.85. The summed E-state index contributed by atoms with van der Waals surface area (Å²) in [5, 5.41) is 3.77. The SMILES string of the molecule is CCCNC1CC2CCC(C1)N2C1(CC)CCC1. The lowest BCUT2D eigenvalue weighted by Crippen LogP contribution is -2.62. The Bertz CT molecular complexity index is 265. The van der Waals surface area contributed by atoms with Crippen LogP contribution in [0.2, 0.25) is 0 Å². The minimum absolute atomic E-state index is 0.627. The maximum atomic E-state index is 3.77. The Morgan fingerprint density at radius 2 is 1.78 bits per heavy atom. The second-order valence-electron chi connectivity index (χ2n) is 6.85. The van der Waals surface area contributed by atoms with Crippen LogP contribution in [0.4, 0.5) is 0 Å². The number of fused-ring (bicyclic) bond motifs is 2. The van der Waals surface area contributed by atoms with Gasteiger partial charge in [0.1, 0.15) is 0 Å². The molecule has 2 bridgehead atoms. The summed E-state index contributed by atoms with van der Waals surface area (Å²) in [6, 6.07) is 2.62. The van der Waals surface area contributed by atoms with E-state index in [1.807, 2.05) is 0 Å². The lowest BCUT2D eigenvalue weighted by atomic mass is 9.71. The fourth-order valence-corrected chi connectivity index (χ4v) is 4.85. The molecule has 2 heterocycles. The number of nitrogens with zero attached hydrogens (tertiary/aromatic N) is 1. The molecule has 1 N–H and O–H groups in total. The third kappa shape index (κ3) is 2.02. The van der Waals surface area contributed by atoms with Crippen molar-refractivity contribution in [2.75, 3.05) is 6.54 Å². The molecule has 3 rings (SSSR count). The molecule has 2 nitrogen and oxygen atoms in total. The first-order valence-electron chi connectivity index (χ1n) is 8.31. The standard InChI is InChI=1S/C16H30N2/c1-3-10-17-13-11-14-6-7-15(12-13)18(14)16(4-2)8-5-9-16/h13-15,17H,3-12H2,1-2H3. The Balaban J connectivity index is 1.66. The van der Waals surface area contributed by atoms with Gasteiger partial charge in [-0.25, -0.2) is 0 Å². The van der Waals surface area contributed by atoms with E-state index >= 15 is 0 Å². The predicted molar refractivity (Wildman–Crippen MR) is 76.8 cm³/mol. The van der Waals surface area contributed by atoms with Crippen molar-refractivity contribution >= 4 is 0 Å². The van der Waals surface area contributed by atoms with E-state index in [9.17, 15) is 0 Å². The summed E-state index contributed by atoms with van der Waals surface area (Å²) >= 11 is 0. The van der Waals surface area contributed by atoms with Gasteiger partial charge in [-0.15, -0.1) is 0 Å². The topological polar surface area (TPSA) is 15.3 Å². The smallest absolute Gasteiger partial charge is 0.0212 e. The van der Waals surface area contributed by atoms with Gasteiger partial charge in [-0.1, -0.05) is 13.8 Å². The van der Waals surface area contributed by atoms with Gasteiger partial charge in [0.25, 0.3) is 0 Å². The molecule has 3 fully saturated rings. The van der Waals surface area contributed by atoms with Crippen LogP contribution in [-0.2, 0) is 0 Å². The van der Waals surface area contributed by atoms with E-state index in [1.54, 1.807) is 0 Å². The van der Waals surface area contributed by atoms with Gasteiger partial charge in [-0.05, 0) is 64.3 Å². The number of piperidine rings is 1. The molecule has 2 atom stereocenters. The molecule has 0 amide bonds. The number of hydrogen-bond donors (Lipinski definition) is 1. The molecule has 2 heteroatoms. The number of hydrogen-bond acceptors (Lipinski definition) is 2. The summed E-state index contributed by atoms with van der Waals surface area (Å²) in [6.45, 7) is 5.90. The highest BCUT2D eigenvalue weighted by atomic mass is 15.3. The summed E-state index contributed by atoms with van der Waals surface area (Å²) in [7, 11) is 0. The summed E-state index contributed by atoms with van der Waals surface area (Å²) < 4.78 is 0. The molecular weight excluding hydrogens is 220 g/mol. The molecule has 2 unspecified atom stereocenters. The minimum Gasteiger partial charge on any atom is -0.314 e. The maximum absolute atomic E-state index is 3.77. The Hall–Kier alpha value is -0.0800. The monoisotopic (exact) mass is 250 g/mol. The van der Waals surface area contributed by atoms with Gasteiger partial charge in [0.05, 0.1) is 0 Å². The second kappa shape index (κ2) is 5.13. The van der Waals surface area contributed by atoms with E-state index in [1.165, 1.54) is 64.3 Å². The first-order valence-corrected chi connectivity index (χ1v) is 8.31. The maximum Gasteiger partial charge on any atom is 0.0212 e. The molecule has 1 aliphatic carbocycles. The Kier molecular flexibility index (Phi) is 3.68. The fraction of sp³-hybridized carbons (Fsp3) is 1.00. The van der Waals surface area contributed by atoms with Gasteiger partial charge in [0.15, 0.2) is 0 Å². The zero-order valence-electron chi connectivity index (χ0n) is 12.3. The Labute approximate surface area is 113 Å². The van der Waals surface area contributed by atoms with Crippen molar-refractivity contribution in [1.29, 1.82) is 0 Å². The van der Waals surface area contributed by atoms with Gasteiger partial charge >= 0.3 is 0 Å². The van der Waals surface area contributed by atoms with E-state index in [0.717, 1.165) is 18.1 Å². The van der Waals surface area contributed by atoms with Gasteiger partial charge in [0.2, 0.25) is 0 Å². The highest BCUT2D eigenvalue weighted by Crippen LogP contribution is 2.49. The Morgan fingerprint density at radius 3 is 2.22 bits per heavy atom. The normalized spacial score (nSPS) is 38.7. The van der Waals surface area contributed by atoms with Gasteiger partial charge < -0.3 is 5.32 Å². The lowest BCUT2D eigenvalue weighted by Gasteiger charge is -2.56. The zero-order chi connectivity index (χ0) is 12.6. The largest absolute Gasteiger partial charge is 0.314 e. The summed E-state index contributed by atoms with van der Waals surface area (Å²) in [5.41, 5.74) is 0.627. The van der Waals surface area contributed by atoms with E-state index in [-0.39, 0.29) is 0 Å². The average Bonchev–Trinajstić information content (AvgIpc) is 2.60. The minimum atomic E-state index is 0.627. The van der Waals surface area contributed by atoms with Gasteiger partial charge in [0, 0.05) is 23.7 Å². The van der Waals surface area contributed by atoms with Crippen LogP contribution in [0.3, 0.4) is 0 Å². The number of rotatable bonds is 5. The molecule has 0 spiro atoms. The van der Waals surface area contributed by atoms with Crippen LogP contribution in [0.1, 0.15) is 71.6 Å². The molecule has 18 heavy (non-hydrogen) atoms. The third-order valence-electron chi connectivity index (χ3n) is 5.91. The van der Waals surface area contributed by atoms with Gasteiger partial charge in [-0.3, -0.25) is 4.90 Å². The van der Waals surface area contributed by atoms with E-state index in [2.05, 4.69) is 24.1 Å². The van der Waals surface area contributed by atoms with Crippen LogP contribution >= 0.6 is 0 Å². The highest BCUT2D eigenvalue weighted by Gasteiger charge is 2.52. The van der Waals surface area contributed by atoms with E-state index < -0.39 is 0 Å². The van der Waals surface area contributed by atoms with Crippen LogP contribution < -0.4 is 5.32 Å².